The van der Waals surface area contributed by atoms with Crippen molar-refractivity contribution in [2.24, 2.45) is 0 Å². The van der Waals surface area contributed by atoms with E-state index in [0.717, 1.165) is 0 Å². The van der Waals surface area contributed by atoms with Gasteiger partial charge in [-0.15, -0.1) is 0 Å². The third kappa shape index (κ3) is 3.01. The van der Waals surface area contributed by atoms with E-state index in [2.05, 4.69) is 11.9 Å². The topological polar surface area (TPSA) is 73.1 Å². The zero-order valence-corrected chi connectivity index (χ0v) is 9.08. The maximum Gasteiger partial charge on any atom is 0.332 e. The second-order valence-electron chi connectivity index (χ2n) is 3.07. The van der Waals surface area contributed by atoms with Crippen LogP contribution in [0.1, 0.15) is 5.56 Å². The number of halogens is 1. The molecule has 2 N–H and O–H groups in total. The van der Waals surface area contributed by atoms with Crippen LogP contribution in [0.2, 0.25) is 5.02 Å². The lowest BCUT2D eigenvalue weighted by Crippen LogP contribution is -2.11. The molecule has 82 valence electrons. The lowest BCUT2D eigenvalue weighted by Gasteiger charge is -2.08. The number of benzene rings is 1. The van der Waals surface area contributed by atoms with Crippen LogP contribution < -0.4 is 5.32 Å². The quantitative estimate of drug-likeness (QED) is 0.787. The van der Waals surface area contributed by atoms with Crippen LogP contribution in [0.15, 0.2) is 30.4 Å². The van der Waals surface area contributed by atoms with Crippen molar-refractivity contribution in [2.45, 2.75) is 0 Å². The van der Waals surface area contributed by atoms with E-state index in [0.29, 0.717) is 16.3 Å². The predicted octanol–water partition coefficient (Wildman–Crippen LogP) is 2.26. The van der Waals surface area contributed by atoms with Gasteiger partial charge in [0.1, 0.15) is 0 Å². The maximum absolute atomic E-state index is 10.5. The summed E-state index contributed by atoms with van der Waals surface area (Å²) in [5.74, 6) is -1.07. The lowest BCUT2D eigenvalue weighted by molar-refractivity contribution is -0.132. The largest absolute Gasteiger partial charge is 0.478 e. The number of carboxylic acids is 1. The first-order valence-electron chi connectivity index (χ1n) is 4.39. The molecular weight excluding hydrogens is 228 g/mol. The van der Waals surface area contributed by atoms with Gasteiger partial charge < -0.3 is 10.4 Å². The van der Waals surface area contributed by atoms with Crippen molar-refractivity contribution in [2.75, 3.05) is 11.9 Å². The molecule has 1 aromatic rings. The highest BCUT2D eigenvalue weighted by Gasteiger charge is 2.06. The van der Waals surface area contributed by atoms with E-state index in [1.165, 1.54) is 0 Å². The van der Waals surface area contributed by atoms with E-state index in [4.69, 9.17) is 22.0 Å². The van der Waals surface area contributed by atoms with Gasteiger partial charge >= 0.3 is 5.97 Å². The number of nitrogens with zero attached hydrogens (tertiary/aromatic N) is 1. The highest BCUT2D eigenvalue weighted by molar-refractivity contribution is 6.33. The van der Waals surface area contributed by atoms with Crippen LogP contribution in [0.4, 0.5) is 5.69 Å². The second kappa shape index (κ2) is 5.19. The first kappa shape index (κ1) is 12.1. The molecule has 0 aliphatic rings. The number of hydrogen-bond donors (Lipinski definition) is 2. The van der Waals surface area contributed by atoms with Gasteiger partial charge in [-0.25, -0.2) is 4.79 Å². The molecular formula is C11H9ClN2O2. The Morgan fingerprint density at radius 2 is 2.31 bits per heavy atom. The number of carboxylic acid groups (broad SMARTS) is 1. The Balaban J connectivity index is 2.78. The number of carbonyl (C=O) groups is 1. The zero-order valence-electron chi connectivity index (χ0n) is 8.33. The molecule has 0 heterocycles. The van der Waals surface area contributed by atoms with Crippen LogP contribution in [0.3, 0.4) is 0 Å². The van der Waals surface area contributed by atoms with Gasteiger partial charge in [-0.1, -0.05) is 18.2 Å². The highest BCUT2D eigenvalue weighted by atomic mass is 35.5. The Labute approximate surface area is 97.8 Å². The molecule has 0 spiro atoms. The van der Waals surface area contributed by atoms with Crippen molar-refractivity contribution in [3.05, 3.63) is 40.9 Å². The fraction of sp³-hybridized carbons (Fsp3) is 0.0909. The van der Waals surface area contributed by atoms with Gasteiger partial charge in [0.05, 0.1) is 22.3 Å². The molecule has 0 atom stereocenters. The third-order valence-corrected chi connectivity index (χ3v) is 2.22. The van der Waals surface area contributed by atoms with Crippen LogP contribution >= 0.6 is 11.6 Å². The molecule has 0 aliphatic heterocycles. The summed E-state index contributed by atoms with van der Waals surface area (Å²) in [6.45, 7) is 3.44. The molecule has 1 aromatic carbocycles. The van der Waals surface area contributed by atoms with E-state index >= 15 is 0 Å². The molecule has 0 aliphatic carbocycles. The number of aliphatic carboxylic acids is 1. The number of hydrogen-bond acceptors (Lipinski definition) is 3. The minimum Gasteiger partial charge on any atom is -0.478 e. The van der Waals surface area contributed by atoms with Crippen LogP contribution in [-0.2, 0) is 4.79 Å². The van der Waals surface area contributed by atoms with Gasteiger partial charge in [0, 0.05) is 12.1 Å². The van der Waals surface area contributed by atoms with Crippen molar-refractivity contribution >= 4 is 23.3 Å². The summed E-state index contributed by atoms with van der Waals surface area (Å²) in [5, 5.41) is 20.5. The molecule has 0 amide bonds. The average molecular weight is 237 g/mol. The summed E-state index contributed by atoms with van der Waals surface area (Å²) in [7, 11) is 0. The second-order valence-corrected chi connectivity index (χ2v) is 3.48. The fourth-order valence-corrected chi connectivity index (χ4v) is 1.19. The molecule has 5 heteroatoms. The fourth-order valence-electron chi connectivity index (χ4n) is 1.01. The van der Waals surface area contributed by atoms with Gasteiger partial charge in [-0.2, -0.15) is 5.26 Å². The summed E-state index contributed by atoms with van der Waals surface area (Å²) in [6.07, 6.45) is 0. The molecule has 16 heavy (non-hydrogen) atoms. The third-order valence-electron chi connectivity index (χ3n) is 1.89. The Morgan fingerprint density at radius 1 is 1.62 bits per heavy atom. The van der Waals surface area contributed by atoms with Crippen molar-refractivity contribution in [3.8, 4) is 6.07 Å². The van der Waals surface area contributed by atoms with Crippen LogP contribution in [0.5, 0.6) is 0 Å². The van der Waals surface area contributed by atoms with Gasteiger partial charge in [-0.3, -0.25) is 0 Å². The van der Waals surface area contributed by atoms with Gasteiger partial charge in [0.25, 0.3) is 0 Å². The van der Waals surface area contributed by atoms with Gasteiger partial charge in [0.15, 0.2) is 0 Å². The van der Waals surface area contributed by atoms with E-state index < -0.39 is 5.97 Å². The minimum atomic E-state index is -1.07. The Bertz CT molecular complexity index is 477. The van der Waals surface area contributed by atoms with Gasteiger partial charge in [-0.05, 0) is 18.2 Å². The van der Waals surface area contributed by atoms with Crippen molar-refractivity contribution < 1.29 is 9.90 Å². The summed E-state index contributed by atoms with van der Waals surface area (Å²) in [4.78, 5) is 10.5. The van der Waals surface area contributed by atoms with E-state index in [1.807, 2.05) is 6.07 Å². The minimum absolute atomic E-state index is 0.0263. The van der Waals surface area contributed by atoms with Crippen LogP contribution in [0.25, 0.3) is 0 Å². The predicted molar refractivity (Wildman–Crippen MR) is 61.4 cm³/mol. The van der Waals surface area contributed by atoms with Crippen LogP contribution in [0, 0.1) is 11.3 Å². The SMILES string of the molecule is C=C(CNc1cc(C#N)ccc1Cl)C(=O)O. The summed E-state index contributed by atoms with van der Waals surface area (Å²) in [6, 6.07) is 6.68. The Hall–Kier alpha value is -1.99. The van der Waals surface area contributed by atoms with Gasteiger partial charge in [0.2, 0.25) is 0 Å². The zero-order chi connectivity index (χ0) is 12.1. The number of nitriles is 1. The summed E-state index contributed by atoms with van der Waals surface area (Å²) < 4.78 is 0. The summed E-state index contributed by atoms with van der Waals surface area (Å²) in [5.41, 5.74) is 0.995. The molecule has 0 saturated carbocycles. The molecule has 4 nitrogen and oxygen atoms in total. The Kier molecular flexibility index (Phi) is 3.92. The smallest absolute Gasteiger partial charge is 0.332 e. The van der Waals surface area contributed by atoms with Crippen molar-refractivity contribution in [1.82, 2.24) is 0 Å². The van der Waals surface area contributed by atoms with E-state index in [1.54, 1.807) is 18.2 Å². The number of rotatable bonds is 4. The van der Waals surface area contributed by atoms with E-state index in [-0.39, 0.29) is 12.1 Å². The molecule has 1 rings (SSSR count). The van der Waals surface area contributed by atoms with Crippen LogP contribution in [-0.4, -0.2) is 17.6 Å². The maximum atomic E-state index is 10.5. The average Bonchev–Trinajstić information content (AvgIpc) is 2.27. The van der Waals surface area contributed by atoms with E-state index in [9.17, 15) is 4.79 Å². The Morgan fingerprint density at radius 3 is 2.88 bits per heavy atom. The molecule has 0 saturated heterocycles. The highest BCUT2D eigenvalue weighted by Crippen LogP contribution is 2.22. The number of nitrogens with one attached hydrogen (secondary N) is 1. The first-order valence-corrected chi connectivity index (χ1v) is 4.77. The number of anilines is 1. The first-order chi connectivity index (χ1) is 7.54. The van der Waals surface area contributed by atoms with Crippen molar-refractivity contribution in [3.63, 3.8) is 0 Å². The molecule has 0 bridgehead atoms. The normalized spacial score (nSPS) is 9.25. The monoisotopic (exact) mass is 236 g/mol. The molecule has 0 radical (unpaired) electrons. The molecule has 0 aromatic heterocycles. The standard InChI is InChI=1S/C11H9ClN2O2/c1-7(11(15)16)6-14-10-4-8(5-13)2-3-9(10)12/h2-4,14H,1,6H2,(H,15,16). The molecule has 0 fully saturated rings. The summed E-state index contributed by atoms with van der Waals surface area (Å²) >= 11 is 5.87. The lowest BCUT2D eigenvalue weighted by atomic mass is 10.2. The van der Waals surface area contributed by atoms with Crippen molar-refractivity contribution in [1.29, 1.82) is 5.26 Å². The molecule has 0 unspecified atom stereocenters.